The first-order valence-electron chi connectivity index (χ1n) is 7.04. The zero-order valence-electron chi connectivity index (χ0n) is 11.6. The van der Waals surface area contributed by atoms with Crippen molar-refractivity contribution in [3.05, 3.63) is 28.8 Å². The molecular weight excluding hydrogens is 276 g/mol. The minimum atomic E-state index is -0.333. The Kier molecular flexibility index (Phi) is 3.85. The van der Waals surface area contributed by atoms with Crippen molar-refractivity contribution >= 4 is 23.3 Å². The van der Waals surface area contributed by atoms with Gasteiger partial charge in [-0.3, -0.25) is 0 Å². The number of carbonyl (C=O) groups excluding carboxylic acids is 1. The van der Waals surface area contributed by atoms with Crippen molar-refractivity contribution in [1.82, 2.24) is 4.90 Å². The Balaban J connectivity index is 1.77. The summed E-state index contributed by atoms with van der Waals surface area (Å²) in [4.78, 5) is 14.1. The molecule has 1 aromatic rings. The maximum atomic E-state index is 11.6. The second-order valence-electron chi connectivity index (χ2n) is 5.58. The molecular formula is C15H19ClN2O2. The van der Waals surface area contributed by atoms with Crippen LogP contribution in [0.3, 0.4) is 0 Å². The van der Waals surface area contributed by atoms with E-state index in [0.29, 0.717) is 22.5 Å². The van der Waals surface area contributed by atoms with Crippen LogP contribution in [0, 0.1) is 5.92 Å². The van der Waals surface area contributed by atoms with Gasteiger partial charge in [0.1, 0.15) is 0 Å². The Labute approximate surface area is 124 Å². The van der Waals surface area contributed by atoms with Gasteiger partial charge in [-0.05, 0) is 43.5 Å². The van der Waals surface area contributed by atoms with E-state index in [1.807, 2.05) is 0 Å². The molecule has 2 bridgehead atoms. The van der Waals surface area contributed by atoms with Crippen LogP contribution in [0.2, 0.25) is 5.02 Å². The lowest BCUT2D eigenvalue weighted by Crippen LogP contribution is -2.39. The Hall–Kier alpha value is -1.26. The maximum Gasteiger partial charge on any atom is 0.337 e. The summed E-state index contributed by atoms with van der Waals surface area (Å²) in [5, 5.41) is 4.18. The van der Waals surface area contributed by atoms with Gasteiger partial charge in [0.2, 0.25) is 0 Å². The smallest absolute Gasteiger partial charge is 0.337 e. The summed E-state index contributed by atoms with van der Waals surface area (Å²) in [5.74, 6) is 0.349. The summed E-state index contributed by atoms with van der Waals surface area (Å²) < 4.78 is 4.75. The number of piperidine rings is 1. The molecule has 2 heterocycles. The summed E-state index contributed by atoms with van der Waals surface area (Å²) in [7, 11) is 1.39. The van der Waals surface area contributed by atoms with E-state index in [0.717, 1.165) is 18.7 Å². The van der Waals surface area contributed by atoms with E-state index in [1.54, 1.807) is 18.2 Å². The number of ether oxygens (including phenoxy) is 1. The largest absolute Gasteiger partial charge is 0.465 e. The molecule has 3 unspecified atom stereocenters. The predicted octanol–water partition coefficient (Wildman–Crippen LogP) is 2.63. The standard InChI is InChI=1S/C15H19ClN2O2/c1-20-15(19)10-2-3-12(16)14(8-10)17-13-5-7-18-6-4-11(13)9-18/h2-3,8,11,13,17H,4-7,9H2,1H3. The molecule has 4 nitrogen and oxygen atoms in total. The second kappa shape index (κ2) is 5.62. The van der Waals surface area contributed by atoms with E-state index >= 15 is 0 Å². The lowest BCUT2D eigenvalue weighted by atomic mass is 9.94. The van der Waals surface area contributed by atoms with Gasteiger partial charge in [-0.2, -0.15) is 0 Å². The first-order valence-corrected chi connectivity index (χ1v) is 7.42. The molecule has 1 aromatic carbocycles. The predicted molar refractivity (Wildman–Crippen MR) is 79.4 cm³/mol. The Morgan fingerprint density at radius 1 is 1.40 bits per heavy atom. The molecule has 2 fully saturated rings. The van der Waals surface area contributed by atoms with Crippen LogP contribution in [0.4, 0.5) is 5.69 Å². The van der Waals surface area contributed by atoms with Gasteiger partial charge in [-0.25, -0.2) is 4.79 Å². The third-order valence-corrected chi connectivity index (χ3v) is 4.69. The highest BCUT2D eigenvalue weighted by Gasteiger charge is 2.34. The van der Waals surface area contributed by atoms with Gasteiger partial charge in [0, 0.05) is 19.1 Å². The molecule has 0 radical (unpaired) electrons. The zero-order chi connectivity index (χ0) is 14.1. The zero-order valence-corrected chi connectivity index (χ0v) is 12.3. The van der Waals surface area contributed by atoms with E-state index in [4.69, 9.17) is 16.3 Å². The van der Waals surface area contributed by atoms with Gasteiger partial charge in [0.05, 0.1) is 23.4 Å². The van der Waals surface area contributed by atoms with Crippen LogP contribution >= 0.6 is 11.6 Å². The fraction of sp³-hybridized carbons (Fsp3) is 0.533. The average molecular weight is 295 g/mol. The molecule has 0 aromatic heterocycles. The van der Waals surface area contributed by atoms with Crippen LogP contribution in [-0.4, -0.2) is 43.7 Å². The SMILES string of the molecule is COC(=O)c1ccc(Cl)c(NC2CCN3CCC2C3)c1. The van der Waals surface area contributed by atoms with Gasteiger partial charge in [0.15, 0.2) is 0 Å². The van der Waals surface area contributed by atoms with Crippen molar-refractivity contribution in [1.29, 1.82) is 0 Å². The number of methoxy groups -OCH3 is 1. The highest BCUT2D eigenvalue weighted by Crippen LogP contribution is 2.32. The van der Waals surface area contributed by atoms with Crippen LogP contribution in [0.25, 0.3) is 0 Å². The van der Waals surface area contributed by atoms with Crippen LogP contribution in [-0.2, 0) is 4.74 Å². The number of carbonyl (C=O) groups is 1. The van der Waals surface area contributed by atoms with Gasteiger partial charge in [0.25, 0.3) is 0 Å². The number of esters is 1. The highest BCUT2D eigenvalue weighted by atomic mass is 35.5. The fourth-order valence-electron chi connectivity index (χ4n) is 3.22. The molecule has 1 N–H and O–H groups in total. The highest BCUT2D eigenvalue weighted by molar-refractivity contribution is 6.33. The second-order valence-corrected chi connectivity index (χ2v) is 5.98. The fourth-order valence-corrected chi connectivity index (χ4v) is 3.39. The number of benzene rings is 1. The summed E-state index contributed by atoms with van der Waals surface area (Å²) in [5.41, 5.74) is 1.36. The number of hydrogen-bond donors (Lipinski definition) is 1. The van der Waals surface area contributed by atoms with E-state index in [1.165, 1.54) is 26.6 Å². The monoisotopic (exact) mass is 294 g/mol. The molecule has 3 atom stereocenters. The first kappa shape index (κ1) is 13.7. The minimum absolute atomic E-state index is 0.333. The minimum Gasteiger partial charge on any atom is -0.465 e. The molecule has 0 aliphatic carbocycles. The number of nitrogens with zero attached hydrogens (tertiary/aromatic N) is 1. The lowest BCUT2D eigenvalue weighted by Gasteiger charge is -2.32. The molecule has 0 spiro atoms. The van der Waals surface area contributed by atoms with Gasteiger partial charge in [-0.15, -0.1) is 0 Å². The molecule has 3 rings (SSSR count). The molecule has 20 heavy (non-hydrogen) atoms. The third-order valence-electron chi connectivity index (χ3n) is 4.36. The van der Waals surface area contributed by atoms with Crippen molar-refractivity contribution in [3.63, 3.8) is 0 Å². The van der Waals surface area contributed by atoms with Crippen molar-refractivity contribution in [2.45, 2.75) is 18.9 Å². The Morgan fingerprint density at radius 2 is 2.20 bits per heavy atom. The Morgan fingerprint density at radius 3 is 3.00 bits per heavy atom. The molecule has 5 heteroatoms. The first-order chi connectivity index (χ1) is 9.67. The van der Waals surface area contributed by atoms with Crippen LogP contribution in [0.5, 0.6) is 0 Å². The van der Waals surface area contributed by atoms with Crippen molar-refractivity contribution in [2.75, 3.05) is 32.1 Å². The molecule has 2 saturated heterocycles. The number of fused-ring (bicyclic) bond motifs is 2. The average Bonchev–Trinajstić information content (AvgIpc) is 2.86. The number of halogens is 1. The summed E-state index contributed by atoms with van der Waals surface area (Å²) in [6, 6.07) is 5.67. The molecule has 2 aliphatic heterocycles. The summed E-state index contributed by atoms with van der Waals surface area (Å²) in [6.45, 7) is 3.52. The number of anilines is 1. The number of nitrogens with one attached hydrogen (secondary N) is 1. The van der Waals surface area contributed by atoms with Gasteiger partial charge < -0.3 is 15.0 Å². The molecule has 2 aliphatic rings. The van der Waals surface area contributed by atoms with E-state index in [-0.39, 0.29) is 5.97 Å². The van der Waals surface area contributed by atoms with Crippen LogP contribution < -0.4 is 5.32 Å². The Bertz CT molecular complexity index is 521. The van der Waals surface area contributed by atoms with Crippen LogP contribution in [0.15, 0.2) is 18.2 Å². The maximum absolute atomic E-state index is 11.6. The lowest BCUT2D eigenvalue weighted by molar-refractivity contribution is 0.0601. The molecule has 0 amide bonds. The third kappa shape index (κ3) is 2.63. The summed E-state index contributed by atoms with van der Waals surface area (Å²) >= 11 is 6.24. The quantitative estimate of drug-likeness (QED) is 0.870. The van der Waals surface area contributed by atoms with Crippen LogP contribution in [0.1, 0.15) is 23.2 Å². The number of hydrogen-bond acceptors (Lipinski definition) is 4. The normalized spacial score (nSPS) is 28.2. The number of rotatable bonds is 3. The molecule has 108 valence electrons. The van der Waals surface area contributed by atoms with E-state index in [2.05, 4.69) is 10.2 Å². The topological polar surface area (TPSA) is 41.6 Å². The van der Waals surface area contributed by atoms with Gasteiger partial charge in [-0.1, -0.05) is 11.6 Å². The van der Waals surface area contributed by atoms with Crippen molar-refractivity contribution in [2.24, 2.45) is 5.92 Å². The molecule has 0 saturated carbocycles. The van der Waals surface area contributed by atoms with Crippen molar-refractivity contribution < 1.29 is 9.53 Å². The van der Waals surface area contributed by atoms with Crippen molar-refractivity contribution in [3.8, 4) is 0 Å². The van der Waals surface area contributed by atoms with Gasteiger partial charge >= 0.3 is 5.97 Å². The summed E-state index contributed by atoms with van der Waals surface area (Å²) in [6.07, 6.45) is 2.37. The van der Waals surface area contributed by atoms with E-state index < -0.39 is 0 Å². The van der Waals surface area contributed by atoms with E-state index in [9.17, 15) is 4.79 Å².